The van der Waals surface area contributed by atoms with Crippen molar-refractivity contribution in [2.24, 2.45) is 18.9 Å². The summed E-state index contributed by atoms with van der Waals surface area (Å²) in [5.41, 5.74) is 5.86. The third-order valence-electron chi connectivity index (χ3n) is 9.71. The largest absolute Gasteiger partial charge is 0.375 e. The average Bonchev–Trinajstić information content (AvgIpc) is 3.29. The maximum absolute atomic E-state index is 5.04. The Labute approximate surface area is 234 Å². The number of anilines is 2. The normalized spacial score (nSPS) is 22.5. The fourth-order valence-electron chi connectivity index (χ4n) is 7.21. The molecule has 0 radical (unpaired) electrons. The molecule has 3 aliphatic heterocycles. The van der Waals surface area contributed by atoms with Crippen LogP contribution in [0.25, 0.3) is 11.0 Å². The molecule has 1 saturated carbocycles. The molecule has 1 N–H and O–H groups in total. The molecule has 6 rings (SSSR count). The molecular weight excluding hydrogens is 482 g/mol. The first-order chi connectivity index (χ1) is 19.0. The number of piperazine rings is 1. The van der Waals surface area contributed by atoms with Crippen molar-refractivity contribution in [2.45, 2.75) is 51.4 Å². The number of piperidine rings is 1. The van der Waals surface area contributed by atoms with Gasteiger partial charge in [0.2, 0.25) is 5.95 Å². The van der Waals surface area contributed by atoms with Crippen molar-refractivity contribution in [3.63, 3.8) is 0 Å². The summed E-state index contributed by atoms with van der Waals surface area (Å²) in [6.07, 6.45) is 10.5. The van der Waals surface area contributed by atoms with Gasteiger partial charge < -0.3 is 24.6 Å². The monoisotopic (exact) mass is 529 g/mol. The van der Waals surface area contributed by atoms with E-state index in [0.717, 1.165) is 79.7 Å². The summed E-state index contributed by atoms with van der Waals surface area (Å²) in [7, 11) is 2.15. The molecule has 39 heavy (non-hydrogen) atoms. The van der Waals surface area contributed by atoms with Crippen molar-refractivity contribution in [2.75, 3.05) is 62.2 Å². The van der Waals surface area contributed by atoms with E-state index in [1.165, 1.54) is 75.8 Å². The maximum Gasteiger partial charge on any atom is 0.206 e. The van der Waals surface area contributed by atoms with Crippen LogP contribution >= 0.6 is 0 Å². The number of nitrogens with one attached hydrogen (secondary N) is 1. The van der Waals surface area contributed by atoms with E-state index >= 15 is 0 Å². The van der Waals surface area contributed by atoms with Gasteiger partial charge >= 0.3 is 0 Å². The minimum absolute atomic E-state index is 0.749. The number of imidazole rings is 1. The lowest BCUT2D eigenvalue weighted by molar-refractivity contribution is 0.148. The lowest BCUT2D eigenvalue weighted by atomic mass is 9.85. The summed E-state index contributed by atoms with van der Waals surface area (Å²) in [6.45, 7) is 21.6. The van der Waals surface area contributed by atoms with Gasteiger partial charge in [-0.15, -0.1) is 0 Å². The molecule has 1 aliphatic carbocycles. The maximum atomic E-state index is 5.04. The Bertz CT molecular complexity index is 1210. The van der Waals surface area contributed by atoms with Gasteiger partial charge in [0.1, 0.15) is 5.82 Å². The van der Waals surface area contributed by atoms with Crippen LogP contribution in [0.1, 0.15) is 51.4 Å². The van der Waals surface area contributed by atoms with Crippen LogP contribution in [0.15, 0.2) is 55.2 Å². The molecule has 210 valence electrons. The molecule has 4 heterocycles. The SMILES string of the molecule is C=C1CCN(c2ccc3nc(N4CCN(CC5CCN(C(=C)C6CCCCC6)CC5)CC4)n(C)c3c2)C(=C)N1. The van der Waals surface area contributed by atoms with Crippen LogP contribution in [0.5, 0.6) is 0 Å². The van der Waals surface area contributed by atoms with E-state index in [0.29, 0.717) is 0 Å². The summed E-state index contributed by atoms with van der Waals surface area (Å²) in [4.78, 5) is 15.1. The summed E-state index contributed by atoms with van der Waals surface area (Å²) in [5, 5.41) is 3.30. The van der Waals surface area contributed by atoms with Crippen LogP contribution in [0.4, 0.5) is 11.6 Å². The smallest absolute Gasteiger partial charge is 0.206 e. The van der Waals surface area contributed by atoms with E-state index in [1.807, 2.05) is 0 Å². The minimum atomic E-state index is 0.749. The van der Waals surface area contributed by atoms with E-state index in [9.17, 15) is 0 Å². The van der Waals surface area contributed by atoms with Gasteiger partial charge in [-0.3, -0.25) is 4.90 Å². The molecule has 0 bridgehead atoms. The third-order valence-corrected chi connectivity index (χ3v) is 9.71. The third kappa shape index (κ3) is 5.56. The Morgan fingerprint density at radius 2 is 1.69 bits per heavy atom. The van der Waals surface area contributed by atoms with Crippen molar-refractivity contribution >= 4 is 22.7 Å². The standard InChI is InChI=1S/C32H47N7/c1-24-12-17-39(26(3)33-24)29-10-11-30-31(22-29)35(4)32(34-30)38-20-18-36(19-21-38)23-27-13-15-37(16-14-27)25(2)28-8-6-5-7-9-28/h10-11,22,27-28,33H,1-3,5-9,12-21,23H2,4H3. The predicted molar refractivity (Wildman–Crippen MR) is 163 cm³/mol. The number of allylic oxidation sites excluding steroid dienone is 1. The molecule has 3 saturated heterocycles. The highest BCUT2D eigenvalue weighted by Crippen LogP contribution is 2.33. The van der Waals surface area contributed by atoms with Crippen molar-refractivity contribution < 1.29 is 0 Å². The Hall–Kier alpha value is -2.93. The van der Waals surface area contributed by atoms with Crippen molar-refractivity contribution in [3.8, 4) is 0 Å². The second-order valence-corrected chi connectivity index (χ2v) is 12.3. The highest BCUT2D eigenvalue weighted by molar-refractivity contribution is 5.83. The number of nitrogens with zero attached hydrogens (tertiary/aromatic N) is 6. The number of benzene rings is 1. The van der Waals surface area contributed by atoms with Crippen molar-refractivity contribution in [1.29, 1.82) is 0 Å². The molecule has 7 heteroatoms. The predicted octanol–water partition coefficient (Wildman–Crippen LogP) is 5.29. The van der Waals surface area contributed by atoms with Gasteiger partial charge in [-0.05, 0) is 55.7 Å². The molecule has 4 fully saturated rings. The zero-order valence-corrected chi connectivity index (χ0v) is 24.0. The zero-order valence-electron chi connectivity index (χ0n) is 24.0. The highest BCUT2D eigenvalue weighted by atomic mass is 15.4. The molecule has 2 aromatic rings. The molecule has 7 nitrogen and oxygen atoms in total. The highest BCUT2D eigenvalue weighted by Gasteiger charge is 2.28. The summed E-state index contributed by atoms with van der Waals surface area (Å²) in [6, 6.07) is 6.56. The second kappa shape index (κ2) is 11.3. The Morgan fingerprint density at radius 3 is 2.41 bits per heavy atom. The molecule has 0 unspecified atom stereocenters. The summed E-state index contributed by atoms with van der Waals surface area (Å²) >= 11 is 0. The number of hydrogen-bond acceptors (Lipinski definition) is 6. The molecule has 4 aliphatic rings. The first-order valence-electron chi connectivity index (χ1n) is 15.2. The van der Waals surface area contributed by atoms with Gasteiger partial charge in [0.05, 0.1) is 11.0 Å². The minimum Gasteiger partial charge on any atom is -0.375 e. The quantitative estimate of drug-likeness (QED) is 0.549. The second-order valence-electron chi connectivity index (χ2n) is 12.3. The van der Waals surface area contributed by atoms with E-state index < -0.39 is 0 Å². The topological polar surface area (TPSA) is 42.8 Å². The summed E-state index contributed by atoms with van der Waals surface area (Å²) in [5.74, 6) is 3.54. The molecular formula is C32H47N7. The van der Waals surface area contributed by atoms with Gasteiger partial charge in [0.25, 0.3) is 0 Å². The van der Waals surface area contributed by atoms with Gasteiger partial charge in [-0.25, -0.2) is 4.98 Å². The molecule has 1 aromatic heterocycles. The molecule has 0 amide bonds. The van der Waals surface area contributed by atoms with E-state index in [4.69, 9.17) is 4.98 Å². The number of rotatable bonds is 6. The molecule has 0 atom stereocenters. The number of fused-ring (bicyclic) bond motifs is 1. The van der Waals surface area contributed by atoms with Crippen LogP contribution in [-0.2, 0) is 7.05 Å². The van der Waals surface area contributed by atoms with Gasteiger partial charge in [0.15, 0.2) is 0 Å². The van der Waals surface area contributed by atoms with Crippen molar-refractivity contribution in [3.05, 3.63) is 55.2 Å². The fourth-order valence-corrected chi connectivity index (χ4v) is 7.21. The van der Waals surface area contributed by atoms with Gasteiger partial charge in [-0.2, -0.15) is 0 Å². The van der Waals surface area contributed by atoms with Crippen LogP contribution in [0, 0.1) is 11.8 Å². The summed E-state index contributed by atoms with van der Waals surface area (Å²) < 4.78 is 2.27. The van der Waals surface area contributed by atoms with E-state index in [-0.39, 0.29) is 0 Å². The molecule has 1 aromatic carbocycles. The van der Waals surface area contributed by atoms with Crippen LogP contribution < -0.4 is 15.1 Å². The zero-order chi connectivity index (χ0) is 26.9. The Balaban J connectivity index is 1.02. The first-order valence-corrected chi connectivity index (χ1v) is 15.2. The molecule has 0 spiro atoms. The lowest BCUT2D eigenvalue weighted by Crippen LogP contribution is -2.49. The Morgan fingerprint density at radius 1 is 0.949 bits per heavy atom. The average molecular weight is 530 g/mol. The van der Waals surface area contributed by atoms with Crippen LogP contribution in [0.3, 0.4) is 0 Å². The van der Waals surface area contributed by atoms with Crippen LogP contribution in [0.2, 0.25) is 0 Å². The lowest BCUT2D eigenvalue weighted by Gasteiger charge is -2.41. The van der Waals surface area contributed by atoms with Crippen molar-refractivity contribution in [1.82, 2.24) is 24.7 Å². The van der Waals surface area contributed by atoms with Gasteiger partial charge in [-0.1, -0.05) is 39.0 Å². The number of aryl methyl sites for hydroxylation is 1. The number of likely N-dealkylation sites (tertiary alicyclic amines) is 1. The Kier molecular flexibility index (Phi) is 7.61. The van der Waals surface area contributed by atoms with Gasteiger partial charge in [0, 0.05) is 82.9 Å². The number of aromatic nitrogens is 2. The fraction of sp³-hybridized carbons (Fsp3) is 0.594. The van der Waals surface area contributed by atoms with Crippen LogP contribution in [-0.4, -0.2) is 71.7 Å². The van der Waals surface area contributed by atoms with E-state index in [1.54, 1.807) is 0 Å². The van der Waals surface area contributed by atoms with E-state index in [2.05, 4.69) is 74.5 Å². The number of hydrogen-bond donors (Lipinski definition) is 1. The first kappa shape index (κ1) is 26.3.